The van der Waals surface area contributed by atoms with Gasteiger partial charge in [0.1, 0.15) is 0 Å². The van der Waals surface area contributed by atoms with Crippen LogP contribution in [0.3, 0.4) is 0 Å². The van der Waals surface area contributed by atoms with E-state index in [1.165, 1.54) is 0 Å². The van der Waals surface area contributed by atoms with E-state index in [-0.39, 0.29) is 50.0 Å². The quantitative estimate of drug-likeness (QED) is 0.368. The number of nitro groups is 2. The van der Waals surface area contributed by atoms with Crippen molar-refractivity contribution in [3.8, 4) is 11.5 Å². The van der Waals surface area contributed by atoms with E-state index in [1.54, 1.807) is 0 Å². The minimum absolute atomic E-state index is 0.0645. The highest BCUT2D eigenvalue weighted by Crippen LogP contribution is 2.48. The number of ether oxygens (including phenoxy) is 2. The number of hydrogen-bond acceptors (Lipinski definition) is 8. The molecule has 0 atom stereocenters. The third-order valence-corrected chi connectivity index (χ3v) is 2.90. The number of benzene rings is 1. The maximum absolute atomic E-state index is 11.3. The summed E-state index contributed by atoms with van der Waals surface area (Å²) in [6.45, 7) is -0.659. The first-order valence-electron chi connectivity index (χ1n) is 6.56. The lowest BCUT2D eigenvalue weighted by atomic mass is 10.2. The van der Waals surface area contributed by atoms with E-state index in [1.807, 2.05) is 0 Å². The van der Waals surface area contributed by atoms with E-state index in [0.29, 0.717) is 0 Å². The van der Waals surface area contributed by atoms with Gasteiger partial charge in [0.25, 0.3) is 5.75 Å². The highest BCUT2D eigenvalue weighted by molar-refractivity contribution is 6.32. The molecule has 0 aliphatic heterocycles. The number of rotatable bonds is 10. The molecule has 10 nitrogen and oxygen atoms in total. The molecule has 0 fully saturated rings. The van der Waals surface area contributed by atoms with Crippen LogP contribution in [0.5, 0.6) is 11.5 Å². The Morgan fingerprint density at radius 1 is 1.00 bits per heavy atom. The largest absolute Gasteiger partial charge is 0.486 e. The fraction of sp³-hybridized carbons (Fsp3) is 0.500. The fourth-order valence-electron chi connectivity index (χ4n) is 1.65. The predicted octanol–water partition coefficient (Wildman–Crippen LogP) is 1.68. The van der Waals surface area contributed by atoms with Gasteiger partial charge in [-0.3, -0.25) is 20.2 Å². The summed E-state index contributed by atoms with van der Waals surface area (Å²) in [5.74, 6) is -0.952. The molecule has 1 aromatic carbocycles. The van der Waals surface area contributed by atoms with Gasteiger partial charge < -0.3 is 19.7 Å². The van der Waals surface area contributed by atoms with Crippen molar-refractivity contribution in [2.24, 2.45) is 0 Å². The van der Waals surface area contributed by atoms with E-state index in [2.05, 4.69) is 0 Å². The molecule has 1 rings (SSSR count). The number of aliphatic hydroxyl groups is 2. The Morgan fingerprint density at radius 3 is 1.96 bits per heavy atom. The van der Waals surface area contributed by atoms with Crippen LogP contribution in [0.25, 0.3) is 0 Å². The van der Waals surface area contributed by atoms with Crippen molar-refractivity contribution in [1.82, 2.24) is 0 Å². The van der Waals surface area contributed by atoms with E-state index < -0.39 is 27.0 Å². The van der Waals surface area contributed by atoms with Gasteiger partial charge in [0.2, 0.25) is 5.75 Å². The molecule has 11 heteroatoms. The van der Waals surface area contributed by atoms with Gasteiger partial charge in [-0.05, 0) is 0 Å². The topological polar surface area (TPSA) is 145 Å². The molecule has 23 heavy (non-hydrogen) atoms. The van der Waals surface area contributed by atoms with Gasteiger partial charge >= 0.3 is 11.4 Å². The van der Waals surface area contributed by atoms with Crippen LogP contribution >= 0.6 is 11.6 Å². The molecule has 0 heterocycles. The summed E-state index contributed by atoms with van der Waals surface area (Å²) in [5.41, 5.74) is -1.44. The number of aliphatic hydroxyl groups excluding tert-OH is 2. The molecule has 1 aromatic rings. The van der Waals surface area contributed by atoms with Crippen LogP contribution in [0.1, 0.15) is 12.8 Å². The second-order valence-corrected chi connectivity index (χ2v) is 4.66. The van der Waals surface area contributed by atoms with Crippen molar-refractivity contribution >= 4 is 23.0 Å². The molecular weight excluding hydrogens is 336 g/mol. The lowest BCUT2D eigenvalue weighted by Gasteiger charge is -2.12. The number of nitrogens with zero attached hydrogens (tertiary/aromatic N) is 2. The summed E-state index contributed by atoms with van der Waals surface area (Å²) in [6, 6.07) is 0.900. The normalized spacial score (nSPS) is 10.4. The summed E-state index contributed by atoms with van der Waals surface area (Å²) >= 11 is 5.84. The van der Waals surface area contributed by atoms with Crippen LogP contribution in [0.15, 0.2) is 6.07 Å². The molecular formula is C12H15ClN2O8. The second kappa shape index (κ2) is 9.08. The Bertz CT molecular complexity index is 581. The fourth-order valence-corrected chi connectivity index (χ4v) is 1.89. The van der Waals surface area contributed by atoms with E-state index in [9.17, 15) is 20.2 Å². The number of halogens is 1. The first kappa shape index (κ1) is 18.9. The minimum atomic E-state index is -0.887. The Balaban J connectivity index is 3.37. The molecule has 0 amide bonds. The van der Waals surface area contributed by atoms with Crippen LogP contribution < -0.4 is 9.47 Å². The van der Waals surface area contributed by atoms with Crippen molar-refractivity contribution in [1.29, 1.82) is 0 Å². The minimum Gasteiger partial charge on any atom is -0.486 e. The van der Waals surface area contributed by atoms with E-state index >= 15 is 0 Å². The van der Waals surface area contributed by atoms with Crippen molar-refractivity contribution in [2.75, 3.05) is 26.4 Å². The second-order valence-electron chi connectivity index (χ2n) is 4.25. The van der Waals surface area contributed by atoms with Gasteiger partial charge in [0, 0.05) is 32.1 Å². The highest BCUT2D eigenvalue weighted by atomic mass is 35.5. The first-order valence-corrected chi connectivity index (χ1v) is 6.94. The monoisotopic (exact) mass is 350 g/mol. The molecule has 0 aliphatic carbocycles. The third-order valence-electron chi connectivity index (χ3n) is 2.62. The third kappa shape index (κ3) is 4.91. The maximum Gasteiger partial charge on any atom is 0.361 e. The van der Waals surface area contributed by atoms with Crippen LogP contribution in [0.2, 0.25) is 5.02 Å². The average Bonchev–Trinajstić information content (AvgIpc) is 2.49. The highest BCUT2D eigenvalue weighted by Gasteiger charge is 2.34. The van der Waals surface area contributed by atoms with Crippen LogP contribution in [-0.4, -0.2) is 46.5 Å². The van der Waals surface area contributed by atoms with Crippen LogP contribution in [0.4, 0.5) is 11.4 Å². The van der Waals surface area contributed by atoms with E-state index in [4.69, 9.17) is 31.3 Å². The molecule has 0 saturated heterocycles. The van der Waals surface area contributed by atoms with Gasteiger partial charge in [-0.1, -0.05) is 11.6 Å². The molecule has 0 unspecified atom stereocenters. The summed E-state index contributed by atoms with van der Waals surface area (Å²) in [5, 5.41) is 39.5. The van der Waals surface area contributed by atoms with Gasteiger partial charge in [-0.2, -0.15) is 0 Å². The summed E-state index contributed by atoms with van der Waals surface area (Å²) in [6.07, 6.45) is 0.336. The van der Waals surface area contributed by atoms with E-state index in [0.717, 1.165) is 6.07 Å². The van der Waals surface area contributed by atoms with Crippen molar-refractivity contribution in [3.05, 3.63) is 31.3 Å². The first-order chi connectivity index (χ1) is 10.9. The maximum atomic E-state index is 11.3. The summed E-state index contributed by atoms with van der Waals surface area (Å²) in [4.78, 5) is 20.6. The van der Waals surface area contributed by atoms with Gasteiger partial charge in [-0.25, -0.2) is 0 Å². The Kier molecular flexibility index (Phi) is 7.45. The molecule has 0 bridgehead atoms. The standard InChI is InChI=1S/C12H15ClN2O8/c13-8-7-9(14(18)19)12(23-6-2-4-17)10(15(20)21)11(8)22-5-1-3-16/h7,16-17H,1-6H2. The van der Waals surface area contributed by atoms with Crippen molar-refractivity contribution < 1.29 is 29.5 Å². The van der Waals surface area contributed by atoms with Crippen LogP contribution in [-0.2, 0) is 0 Å². The lowest BCUT2D eigenvalue weighted by Crippen LogP contribution is -2.08. The Morgan fingerprint density at radius 2 is 1.52 bits per heavy atom. The van der Waals surface area contributed by atoms with Crippen molar-refractivity contribution in [2.45, 2.75) is 12.8 Å². The summed E-state index contributed by atoms with van der Waals surface area (Å²) < 4.78 is 10.3. The molecule has 0 saturated carbocycles. The van der Waals surface area contributed by atoms with Gasteiger partial charge in [0.05, 0.1) is 28.1 Å². The van der Waals surface area contributed by atoms with Crippen LogP contribution in [0, 0.1) is 20.2 Å². The van der Waals surface area contributed by atoms with Crippen molar-refractivity contribution in [3.63, 3.8) is 0 Å². The molecule has 0 aromatic heterocycles. The molecule has 0 spiro atoms. The van der Waals surface area contributed by atoms with Gasteiger partial charge in [-0.15, -0.1) is 0 Å². The summed E-state index contributed by atoms with van der Waals surface area (Å²) in [7, 11) is 0. The zero-order valence-corrected chi connectivity index (χ0v) is 12.7. The Labute approximate surface area is 135 Å². The predicted molar refractivity (Wildman–Crippen MR) is 79.2 cm³/mol. The smallest absolute Gasteiger partial charge is 0.361 e. The number of hydrogen-bond donors (Lipinski definition) is 2. The Hall–Kier alpha value is -2.17. The SMILES string of the molecule is O=[N+]([O-])c1cc(Cl)c(OCCCO)c([N+](=O)[O-])c1OCCCO. The lowest BCUT2D eigenvalue weighted by molar-refractivity contribution is -0.396. The number of nitro benzene ring substituents is 2. The molecule has 128 valence electrons. The average molecular weight is 351 g/mol. The molecule has 0 aliphatic rings. The molecule has 0 radical (unpaired) electrons. The zero-order valence-electron chi connectivity index (χ0n) is 11.9. The van der Waals surface area contributed by atoms with Gasteiger partial charge in [0.15, 0.2) is 0 Å². The molecule has 2 N–H and O–H groups in total. The zero-order chi connectivity index (χ0) is 17.4.